The van der Waals surface area contributed by atoms with E-state index >= 15 is 0 Å². The number of hydrogen-bond donors (Lipinski definition) is 0. The Bertz CT molecular complexity index is 71.6. The summed E-state index contributed by atoms with van der Waals surface area (Å²) in [7, 11) is 0. The van der Waals surface area contributed by atoms with E-state index in [2.05, 4.69) is 0 Å². The van der Waals surface area contributed by atoms with E-state index < -0.39 is 13.0 Å². The molecule has 0 atom stereocenters. The first-order valence-electron chi connectivity index (χ1n) is 0.717. The third kappa shape index (κ3) is 223. The van der Waals surface area contributed by atoms with E-state index in [0.29, 0.717) is 0 Å². The standard InChI is InChI=1S/6FH.3Li.Ni/h6*1H;;;;/q;;;;;;3*+1;+3/p-6. The first kappa shape index (κ1) is 22.6. The Hall–Kier alpha value is 1.87. The maximum absolute atomic E-state index is 10.5. The van der Waals surface area contributed by atoms with E-state index in [9.17, 15) is 21.6 Å². The summed E-state index contributed by atoms with van der Waals surface area (Å²) in [6.45, 7) is 0. The van der Waals surface area contributed by atoms with E-state index in [0.717, 1.165) is 0 Å². The molecule has 0 heterocycles. The maximum Gasteiger partial charge on any atom is 1.00 e. The van der Waals surface area contributed by atoms with E-state index in [1.807, 2.05) is 0 Å². The van der Waals surface area contributed by atoms with Gasteiger partial charge < -0.3 is 0 Å². The van der Waals surface area contributed by atoms with Crippen LogP contribution >= 0.6 is 0 Å². The number of halogens is 6. The van der Waals surface area contributed by atoms with Crippen LogP contribution in [0.3, 0.4) is 0 Å². The zero-order valence-electron chi connectivity index (χ0n) is 5.58. The average Bonchev–Trinajstić information content (AvgIpc) is 0.592. The van der Waals surface area contributed by atoms with Gasteiger partial charge >= 0.3 is 91.2 Å². The van der Waals surface area contributed by atoms with Crippen molar-refractivity contribution in [3.05, 3.63) is 0 Å². The van der Waals surface area contributed by atoms with Gasteiger partial charge in [-0.15, -0.1) is 0 Å². The Morgan fingerprint density at radius 1 is 0.500 bits per heavy atom. The van der Waals surface area contributed by atoms with Crippen molar-refractivity contribution in [1.29, 1.82) is 0 Å². The molecule has 0 aliphatic heterocycles. The molecule has 0 bridgehead atoms. The van der Waals surface area contributed by atoms with Crippen LogP contribution in [0.4, 0.5) is 21.6 Å². The minimum atomic E-state index is -10.5. The molecule has 0 spiro atoms. The van der Waals surface area contributed by atoms with Crippen LogP contribution in [0.15, 0.2) is 0 Å². The van der Waals surface area contributed by atoms with Crippen LogP contribution in [0.2, 0.25) is 0 Å². The normalized spacial score (nSPS) is 16.2. The number of hydrogen-bond acceptors (Lipinski definition) is 0. The Morgan fingerprint density at radius 3 is 0.500 bits per heavy atom. The van der Waals surface area contributed by atoms with Gasteiger partial charge in [0.05, 0.1) is 0 Å². The molecule has 0 rings (SSSR count). The van der Waals surface area contributed by atoms with Crippen LogP contribution in [0.1, 0.15) is 0 Å². The molecule has 0 fully saturated rings. The quantitative estimate of drug-likeness (QED) is 0.265. The fraction of sp³-hybridized carbons (Fsp3) is 0. The summed E-state index contributed by atoms with van der Waals surface area (Å²) in [4.78, 5) is 0. The van der Waals surface area contributed by atoms with Gasteiger partial charge in [0.15, 0.2) is 0 Å². The largest absolute Gasteiger partial charge is 1.00 e. The predicted molar refractivity (Wildman–Crippen MR) is 6.65 cm³/mol. The Morgan fingerprint density at radius 2 is 0.500 bits per heavy atom. The summed E-state index contributed by atoms with van der Waals surface area (Å²) in [5.74, 6) is 0. The molecule has 10 heteroatoms. The zero-order valence-corrected chi connectivity index (χ0v) is 6.57. The molecule has 0 unspecified atom stereocenters. The molecule has 0 aromatic carbocycles. The van der Waals surface area contributed by atoms with Crippen molar-refractivity contribution in [2.45, 2.75) is 0 Å². The molecular formula is F6Li3Ni. The Kier molecular flexibility index (Phi) is 8.42. The molecule has 0 aliphatic carbocycles. The van der Waals surface area contributed by atoms with Crippen molar-refractivity contribution in [1.82, 2.24) is 0 Å². The van der Waals surface area contributed by atoms with Crippen molar-refractivity contribution < 1.29 is 91.2 Å². The second-order valence-electron chi connectivity index (χ2n) is 0.678. The first-order chi connectivity index (χ1) is 2.45. The summed E-state index contributed by atoms with van der Waals surface area (Å²) in [5.41, 5.74) is 0. The van der Waals surface area contributed by atoms with Gasteiger partial charge in [-0.2, -0.15) is 0 Å². The van der Waals surface area contributed by atoms with Crippen LogP contribution in [0.5, 0.6) is 0 Å². The van der Waals surface area contributed by atoms with Crippen molar-refractivity contribution in [3.63, 3.8) is 0 Å². The van der Waals surface area contributed by atoms with Crippen molar-refractivity contribution >= 4 is 0 Å². The summed E-state index contributed by atoms with van der Waals surface area (Å²) >= 11 is -10.5. The zero-order chi connectivity index (χ0) is 6.41. The van der Waals surface area contributed by atoms with Crippen LogP contribution in [0, 0.1) is 0 Å². The van der Waals surface area contributed by atoms with Gasteiger partial charge in [-0.25, -0.2) is 0 Å². The second kappa shape index (κ2) is 3.72. The van der Waals surface area contributed by atoms with Gasteiger partial charge in [-0.1, -0.05) is 0 Å². The summed E-state index contributed by atoms with van der Waals surface area (Å²) in [5, 5.41) is 0. The fourth-order valence-corrected chi connectivity index (χ4v) is 0. The molecule has 0 amide bonds. The van der Waals surface area contributed by atoms with Gasteiger partial charge in [-0.3, -0.25) is 0 Å². The topological polar surface area (TPSA) is 0 Å². The maximum atomic E-state index is 9.85. The molecule has 10 heavy (non-hydrogen) atoms. The van der Waals surface area contributed by atoms with Gasteiger partial charge in [-0.05, 0) is 0 Å². The Balaban J connectivity index is -0.0000000600. The van der Waals surface area contributed by atoms with Gasteiger partial charge in [0.2, 0.25) is 0 Å². The van der Waals surface area contributed by atoms with Crippen molar-refractivity contribution in [2.75, 3.05) is 0 Å². The van der Waals surface area contributed by atoms with Crippen molar-refractivity contribution in [2.24, 2.45) is 0 Å². The predicted octanol–water partition coefficient (Wildman–Crippen LogP) is -6.47. The monoisotopic (exact) mass is 193 g/mol. The molecule has 0 aromatic heterocycles. The van der Waals surface area contributed by atoms with Gasteiger partial charge in [0.25, 0.3) is 0 Å². The molecular weight excluding hydrogens is 194 g/mol. The molecule has 0 aliphatic rings. The average molecular weight is 194 g/mol. The Labute approximate surface area is 90.6 Å². The van der Waals surface area contributed by atoms with Crippen LogP contribution in [-0.4, -0.2) is 0 Å². The van der Waals surface area contributed by atoms with E-state index in [1.54, 1.807) is 0 Å². The summed E-state index contributed by atoms with van der Waals surface area (Å²) in [6.07, 6.45) is 0. The van der Waals surface area contributed by atoms with Gasteiger partial charge in [0.1, 0.15) is 0 Å². The molecule has 0 aromatic rings. The van der Waals surface area contributed by atoms with Crippen LogP contribution in [-0.2, 0) is 13.0 Å². The van der Waals surface area contributed by atoms with Crippen molar-refractivity contribution in [3.8, 4) is 0 Å². The molecule has 0 nitrogen and oxygen atoms in total. The van der Waals surface area contributed by atoms with Gasteiger partial charge in [0, 0.05) is 0 Å². The second-order valence-corrected chi connectivity index (χ2v) is 2.79. The minimum absolute atomic E-state index is 0. The van der Waals surface area contributed by atoms with E-state index in [-0.39, 0.29) is 56.6 Å². The molecule has 0 radical (unpaired) electrons. The SMILES string of the molecule is [F][Ni-3]([F])([F])([F])([F])[F].[Li+].[Li+].[Li+]. The third-order valence-corrected chi connectivity index (χ3v) is 0. The fourth-order valence-electron chi connectivity index (χ4n) is 0. The van der Waals surface area contributed by atoms with E-state index in [1.165, 1.54) is 0 Å². The first-order valence-corrected chi connectivity index (χ1v) is 2.96. The van der Waals surface area contributed by atoms with E-state index in [4.69, 9.17) is 0 Å². The third-order valence-electron chi connectivity index (χ3n) is 0. The molecule has 55 valence electrons. The molecule has 0 saturated heterocycles. The smallest absolute Gasteiger partial charge is 1.00 e. The minimum Gasteiger partial charge on any atom is 1.00 e. The molecule has 0 N–H and O–H groups in total. The summed E-state index contributed by atoms with van der Waals surface area (Å²) < 4.78 is 59.1. The summed E-state index contributed by atoms with van der Waals surface area (Å²) in [6, 6.07) is 0. The number of rotatable bonds is 0. The molecule has 0 saturated carbocycles. The van der Waals surface area contributed by atoms with Crippen LogP contribution in [0.25, 0.3) is 0 Å². The van der Waals surface area contributed by atoms with Crippen LogP contribution < -0.4 is 56.6 Å².